The van der Waals surface area contributed by atoms with Crippen LogP contribution >= 0.6 is 11.6 Å². The van der Waals surface area contributed by atoms with Crippen LogP contribution in [0.15, 0.2) is 42.6 Å². The lowest BCUT2D eigenvalue weighted by Gasteiger charge is -2.24. The van der Waals surface area contributed by atoms with Crippen molar-refractivity contribution in [3.8, 4) is 11.8 Å². The zero-order valence-electron chi connectivity index (χ0n) is 20.1. The molecule has 0 spiro atoms. The zero-order valence-corrected chi connectivity index (χ0v) is 20.9. The Morgan fingerprint density at radius 2 is 1.97 bits per heavy atom. The number of fused-ring (bicyclic) bond motifs is 1. The van der Waals surface area contributed by atoms with E-state index in [1.165, 1.54) is 35.9 Å². The minimum atomic E-state index is -1.41. The third-order valence-corrected chi connectivity index (χ3v) is 6.53. The average molecular weight is 542 g/mol. The number of aliphatic carboxylic acids is 1. The van der Waals surface area contributed by atoms with E-state index in [4.69, 9.17) is 16.7 Å². The summed E-state index contributed by atoms with van der Waals surface area (Å²) in [5.41, 5.74) is 1.34. The topological polar surface area (TPSA) is 109 Å². The van der Waals surface area contributed by atoms with E-state index < -0.39 is 35.8 Å². The van der Waals surface area contributed by atoms with E-state index in [-0.39, 0.29) is 42.4 Å². The molecule has 0 radical (unpaired) electrons. The highest BCUT2D eigenvalue weighted by Crippen LogP contribution is 2.26. The first-order valence-electron chi connectivity index (χ1n) is 11.6. The minimum Gasteiger partial charge on any atom is -0.472 e. The molecule has 1 fully saturated rings. The Labute approximate surface area is 221 Å². The summed E-state index contributed by atoms with van der Waals surface area (Å²) < 4.78 is 30.0. The number of carboxylic acids is 1. The van der Waals surface area contributed by atoms with Crippen LogP contribution in [0, 0.1) is 17.7 Å². The molecule has 1 aromatic heterocycles. The predicted octanol–water partition coefficient (Wildman–Crippen LogP) is 3.33. The molecule has 0 saturated carbocycles. The van der Waals surface area contributed by atoms with Gasteiger partial charge in [-0.15, -0.1) is 0 Å². The van der Waals surface area contributed by atoms with Crippen molar-refractivity contribution in [1.29, 1.82) is 0 Å². The molecule has 2 amide bonds. The molecule has 2 unspecified atom stereocenters. The Bertz CT molecular complexity index is 1520. The number of hydrogen-bond acceptors (Lipinski definition) is 4. The number of carbonyl (C=O) groups is 4. The minimum absolute atomic E-state index is 0.0943. The number of rotatable bonds is 6. The van der Waals surface area contributed by atoms with Crippen LogP contribution in [0.4, 0.5) is 8.78 Å². The molecule has 196 valence electrons. The van der Waals surface area contributed by atoms with Gasteiger partial charge in [0.2, 0.25) is 11.8 Å². The van der Waals surface area contributed by atoms with Gasteiger partial charge in [0, 0.05) is 52.7 Å². The second-order valence-electron chi connectivity index (χ2n) is 8.84. The molecular weight excluding hydrogens is 520 g/mol. The van der Waals surface area contributed by atoms with Crippen LogP contribution < -0.4 is 5.32 Å². The molecule has 2 heterocycles. The van der Waals surface area contributed by atoms with Crippen molar-refractivity contribution in [2.24, 2.45) is 0 Å². The van der Waals surface area contributed by atoms with Gasteiger partial charge in [0.1, 0.15) is 24.6 Å². The summed E-state index contributed by atoms with van der Waals surface area (Å²) in [4.78, 5) is 50.2. The monoisotopic (exact) mass is 541 g/mol. The lowest BCUT2D eigenvalue weighted by atomic mass is 10.1. The molecule has 2 atom stereocenters. The van der Waals surface area contributed by atoms with Crippen molar-refractivity contribution in [2.75, 3.05) is 6.54 Å². The van der Waals surface area contributed by atoms with Crippen molar-refractivity contribution < 1.29 is 33.1 Å². The van der Waals surface area contributed by atoms with Gasteiger partial charge in [0.25, 0.3) is 0 Å². The van der Waals surface area contributed by atoms with Crippen LogP contribution in [-0.2, 0) is 27.5 Å². The fraction of sp³-hybridized carbons (Fsp3) is 0.259. The van der Waals surface area contributed by atoms with Crippen molar-refractivity contribution in [3.63, 3.8) is 0 Å². The summed E-state index contributed by atoms with van der Waals surface area (Å²) in [6, 6.07) is 8.00. The molecule has 3 aromatic rings. The number of nitrogens with one attached hydrogen (secondary N) is 1. The second kappa shape index (κ2) is 11.0. The smallest absolute Gasteiger partial charge is 0.382 e. The first kappa shape index (κ1) is 26.8. The Hall–Kier alpha value is -4.23. The number of benzene rings is 2. The Morgan fingerprint density at radius 3 is 2.68 bits per heavy atom. The summed E-state index contributed by atoms with van der Waals surface area (Å²) in [6.07, 6.45) is -0.131. The van der Waals surface area contributed by atoms with Crippen LogP contribution in [0.5, 0.6) is 0 Å². The van der Waals surface area contributed by atoms with Crippen molar-refractivity contribution in [3.05, 3.63) is 70.1 Å². The van der Waals surface area contributed by atoms with Gasteiger partial charge in [-0.05, 0) is 31.2 Å². The molecule has 2 aromatic carbocycles. The fourth-order valence-electron chi connectivity index (χ4n) is 4.44. The van der Waals surface area contributed by atoms with Gasteiger partial charge in [0.15, 0.2) is 5.78 Å². The lowest BCUT2D eigenvalue weighted by molar-refractivity contribution is -0.139. The maximum Gasteiger partial charge on any atom is 0.382 e. The highest BCUT2D eigenvalue weighted by Gasteiger charge is 2.39. The number of carboxylic acid groups (broad SMARTS) is 1. The van der Waals surface area contributed by atoms with Crippen molar-refractivity contribution in [1.82, 2.24) is 14.8 Å². The van der Waals surface area contributed by atoms with Gasteiger partial charge in [-0.2, -0.15) is 0 Å². The SMILES string of the molecule is CC(=O)c1cn(CC(=O)N2CC(F)CC2C(=O)NCc2cccc(Cl)c2F)c2ccc(C#CC(=O)O)cc12. The summed E-state index contributed by atoms with van der Waals surface area (Å²) >= 11 is 5.77. The standard InChI is InChI=1S/C27H22ClF2N3O5/c1-15(34)20-13-32(22-7-5-16(9-19(20)22)6-8-25(36)37)14-24(35)33-12-18(29)10-23(33)27(38)31-11-17-3-2-4-21(28)26(17)30/h2-5,7,9,13,18,23H,10-12,14H2,1H3,(H,31,38)(H,36,37). The molecule has 38 heavy (non-hydrogen) atoms. The van der Waals surface area contributed by atoms with E-state index in [1.807, 2.05) is 5.92 Å². The Balaban J connectivity index is 1.54. The lowest BCUT2D eigenvalue weighted by Crippen LogP contribution is -2.46. The van der Waals surface area contributed by atoms with Crippen LogP contribution in [0.1, 0.15) is 34.8 Å². The number of carbonyl (C=O) groups excluding carboxylic acids is 3. The molecule has 4 rings (SSSR count). The van der Waals surface area contributed by atoms with E-state index >= 15 is 0 Å². The van der Waals surface area contributed by atoms with Crippen molar-refractivity contribution in [2.45, 2.75) is 38.6 Å². The number of likely N-dealkylation sites (tertiary alicyclic amines) is 1. The van der Waals surface area contributed by atoms with Gasteiger partial charge in [-0.25, -0.2) is 13.6 Å². The molecule has 1 aliphatic rings. The van der Waals surface area contributed by atoms with E-state index in [2.05, 4.69) is 11.2 Å². The Kier molecular flexibility index (Phi) is 7.78. The van der Waals surface area contributed by atoms with Gasteiger partial charge in [0.05, 0.1) is 11.6 Å². The molecule has 0 bridgehead atoms. The number of hydrogen-bond donors (Lipinski definition) is 2. The molecule has 11 heteroatoms. The normalized spacial score (nSPS) is 16.7. The van der Waals surface area contributed by atoms with E-state index in [9.17, 15) is 28.0 Å². The largest absolute Gasteiger partial charge is 0.472 e. The summed E-state index contributed by atoms with van der Waals surface area (Å²) in [5, 5.41) is 11.7. The van der Waals surface area contributed by atoms with Gasteiger partial charge in [-0.1, -0.05) is 29.7 Å². The first-order chi connectivity index (χ1) is 18.0. The Morgan fingerprint density at radius 1 is 1.21 bits per heavy atom. The number of Topliss-reactive ketones (excluding diaryl/α,β-unsaturated/α-hetero) is 1. The molecular formula is C27H22ClF2N3O5. The number of ketones is 1. The van der Waals surface area contributed by atoms with Gasteiger partial charge >= 0.3 is 5.97 Å². The van der Waals surface area contributed by atoms with Crippen LogP contribution in [0.2, 0.25) is 5.02 Å². The number of nitrogens with zero attached hydrogens (tertiary/aromatic N) is 2. The molecule has 1 saturated heterocycles. The summed E-state index contributed by atoms with van der Waals surface area (Å²) in [5.74, 6) is 1.09. The summed E-state index contributed by atoms with van der Waals surface area (Å²) in [6.45, 7) is 0.616. The van der Waals surface area contributed by atoms with Crippen LogP contribution in [-0.4, -0.2) is 56.9 Å². The first-order valence-corrected chi connectivity index (χ1v) is 12.0. The van der Waals surface area contributed by atoms with Gasteiger partial charge in [-0.3, -0.25) is 14.4 Å². The molecule has 2 N–H and O–H groups in total. The quantitative estimate of drug-likeness (QED) is 0.368. The third kappa shape index (κ3) is 5.68. The van der Waals surface area contributed by atoms with Crippen LogP contribution in [0.3, 0.4) is 0 Å². The second-order valence-corrected chi connectivity index (χ2v) is 9.25. The number of amides is 2. The average Bonchev–Trinajstić information content (AvgIpc) is 3.44. The molecule has 0 aliphatic carbocycles. The van der Waals surface area contributed by atoms with Crippen LogP contribution in [0.25, 0.3) is 10.9 Å². The number of halogens is 3. The van der Waals surface area contributed by atoms with E-state index in [0.717, 1.165) is 4.90 Å². The zero-order chi connectivity index (χ0) is 27.6. The molecule has 8 nitrogen and oxygen atoms in total. The summed E-state index contributed by atoms with van der Waals surface area (Å²) in [7, 11) is 0. The highest BCUT2D eigenvalue weighted by atomic mass is 35.5. The van der Waals surface area contributed by atoms with Gasteiger partial charge < -0.3 is 19.9 Å². The third-order valence-electron chi connectivity index (χ3n) is 6.24. The fourth-order valence-corrected chi connectivity index (χ4v) is 4.64. The van der Waals surface area contributed by atoms with Crippen molar-refractivity contribution >= 4 is 46.1 Å². The van der Waals surface area contributed by atoms with E-state index in [0.29, 0.717) is 22.0 Å². The van der Waals surface area contributed by atoms with E-state index in [1.54, 1.807) is 18.2 Å². The maximum absolute atomic E-state index is 14.3. The number of alkyl halides is 1. The predicted molar refractivity (Wildman–Crippen MR) is 135 cm³/mol. The maximum atomic E-state index is 14.3. The number of aromatic nitrogens is 1. The highest BCUT2D eigenvalue weighted by molar-refractivity contribution is 6.30. The molecule has 1 aliphatic heterocycles.